The summed E-state index contributed by atoms with van der Waals surface area (Å²) < 4.78 is 42.4. The van der Waals surface area contributed by atoms with E-state index in [0.717, 1.165) is 5.56 Å². The smallest absolute Gasteiger partial charge is 0.251 e. The van der Waals surface area contributed by atoms with Crippen LogP contribution in [0.15, 0.2) is 47.4 Å². The maximum absolute atomic E-state index is 12.6. The molecular weight excluding hydrogens is 420 g/mol. The van der Waals surface area contributed by atoms with Crippen LogP contribution in [0.2, 0.25) is 0 Å². The summed E-state index contributed by atoms with van der Waals surface area (Å²) in [6.45, 7) is 2.57. The van der Waals surface area contributed by atoms with Gasteiger partial charge in [-0.05, 0) is 48.9 Å². The number of carbonyl (C=O) groups is 1. The van der Waals surface area contributed by atoms with Crippen molar-refractivity contribution in [1.82, 2.24) is 10.0 Å². The molecule has 2 N–H and O–H groups in total. The number of nitrogens with one attached hydrogen (secondary N) is 2. The molecule has 0 aliphatic heterocycles. The highest BCUT2D eigenvalue weighted by Crippen LogP contribution is 2.30. The molecule has 2 rings (SSSR count). The van der Waals surface area contributed by atoms with Crippen LogP contribution in [0.4, 0.5) is 0 Å². The van der Waals surface area contributed by atoms with Crippen LogP contribution in [0, 0.1) is 12.3 Å². The second-order valence-electron chi connectivity index (χ2n) is 6.50. The first-order valence-corrected chi connectivity index (χ1v) is 10.9. The normalized spacial score (nSPS) is 11.9. The van der Waals surface area contributed by atoms with E-state index < -0.39 is 10.0 Å². The number of sulfonamides is 1. The monoisotopic (exact) mass is 446 g/mol. The Morgan fingerprint density at radius 2 is 1.81 bits per heavy atom. The van der Waals surface area contributed by atoms with Gasteiger partial charge in [0.25, 0.3) is 5.91 Å². The number of benzene rings is 2. The zero-order valence-corrected chi connectivity index (χ0v) is 18.5. The van der Waals surface area contributed by atoms with E-state index >= 15 is 0 Å². The molecule has 0 aliphatic carbocycles. The molecule has 0 aromatic heterocycles. The number of carbonyl (C=O) groups excluding carboxylic acids is 1. The largest absolute Gasteiger partial charge is 0.493 e. The van der Waals surface area contributed by atoms with E-state index in [0.29, 0.717) is 30.3 Å². The van der Waals surface area contributed by atoms with Crippen LogP contribution in [0.5, 0.6) is 11.5 Å². The van der Waals surface area contributed by atoms with Crippen LogP contribution in [-0.4, -0.2) is 48.3 Å². The van der Waals surface area contributed by atoms with Crippen LogP contribution in [-0.2, 0) is 14.8 Å². The summed E-state index contributed by atoms with van der Waals surface area (Å²) in [6, 6.07) is 10.7. The van der Waals surface area contributed by atoms with Crippen molar-refractivity contribution < 1.29 is 27.4 Å². The Morgan fingerprint density at radius 1 is 1.10 bits per heavy atom. The molecule has 8 nitrogen and oxygen atoms in total. The lowest BCUT2D eigenvalue weighted by molar-refractivity contribution is 0.0939. The Morgan fingerprint density at radius 3 is 2.42 bits per heavy atom. The number of hydrogen-bond acceptors (Lipinski definition) is 6. The lowest BCUT2D eigenvalue weighted by atomic mass is 10.1. The highest BCUT2D eigenvalue weighted by atomic mass is 32.2. The Hall–Kier alpha value is -3.06. The molecule has 2 aromatic rings. The summed E-state index contributed by atoms with van der Waals surface area (Å²) >= 11 is 0. The van der Waals surface area contributed by atoms with Gasteiger partial charge in [-0.15, -0.1) is 6.42 Å². The van der Waals surface area contributed by atoms with Crippen molar-refractivity contribution in [3.63, 3.8) is 0 Å². The minimum absolute atomic E-state index is 0.0288. The average Bonchev–Trinajstić information content (AvgIpc) is 2.78. The Labute approximate surface area is 182 Å². The highest BCUT2D eigenvalue weighted by molar-refractivity contribution is 7.89. The molecule has 0 heterocycles. The lowest BCUT2D eigenvalue weighted by Gasteiger charge is -2.17. The second kappa shape index (κ2) is 11.4. The molecule has 0 bridgehead atoms. The van der Waals surface area contributed by atoms with Gasteiger partial charge in [-0.1, -0.05) is 12.0 Å². The third-order valence-corrected chi connectivity index (χ3v) is 5.79. The van der Waals surface area contributed by atoms with Crippen molar-refractivity contribution in [2.75, 3.05) is 34.0 Å². The topological polar surface area (TPSA) is 103 Å². The molecule has 166 valence electrons. The number of methoxy groups -OCH3 is 2. The van der Waals surface area contributed by atoms with Crippen LogP contribution in [0.1, 0.15) is 28.9 Å². The Bertz CT molecular complexity index is 1030. The summed E-state index contributed by atoms with van der Waals surface area (Å²) in [4.78, 5) is 12.6. The average molecular weight is 447 g/mol. The molecule has 0 fully saturated rings. The van der Waals surface area contributed by atoms with E-state index in [-0.39, 0.29) is 23.4 Å². The third kappa shape index (κ3) is 6.72. The fraction of sp³-hybridized carbons (Fsp3) is 0.318. The van der Waals surface area contributed by atoms with E-state index in [2.05, 4.69) is 16.0 Å². The van der Waals surface area contributed by atoms with Crippen LogP contribution in [0.3, 0.4) is 0 Å². The van der Waals surface area contributed by atoms with Gasteiger partial charge in [0.1, 0.15) is 6.61 Å². The van der Waals surface area contributed by atoms with Gasteiger partial charge in [-0.3, -0.25) is 4.79 Å². The molecule has 1 unspecified atom stereocenters. The zero-order chi connectivity index (χ0) is 22.9. The van der Waals surface area contributed by atoms with Crippen molar-refractivity contribution in [3.05, 3.63) is 53.6 Å². The summed E-state index contributed by atoms with van der Waals surface area (Å²) in [6.07, 6.45) is 5.08. The summed E-state index contributed by atoms with van der Waals surface area (Å²) in [7, 11) is -0.574. The number of terminal acetylenes is 1. The first-order valence-electron chi connectivity index (χ1n) is 9.46. The number of ether oxygens (including phenoxy) is 3. The van der Waals surface area contributed by atoms with Gasteiger partial charge in [0.2, 0.25) is 10.0 Å². The van der Waals surface area contributed by atoms with E-state index in [1.807, 2.05) is 13.0 Å². The van der Waals surface area contributed by atoms with E-state index in [9.17, 15) is 13.2 Å². The molecule has 0 saturated carbocycles. The van der Waals surface area contributed by atoms with Gasteiger partial charge in [0.05, 0.1) is 31.2 Å². The molecule has 31 heavy (non-hydrogen) atoms. The first-order chi connectivity index (χ1) is 14.8. The van der Waals surface area contributed by atoms with Crippen LogP contribution >= 0.6 is 0 Å². The van der Waals surface area contributed by atoms with Crippen LogP contribution < -0.4 is 19.5 Å². The van der Waals surface area contributed by atoms with E-state index in [4.69, 9.17) is 20.6 Å². The molecule has 9 heteroatoms. The lowest BCUT2D eigenvalue weighted by Crippen LogP contribution is -2.27. The SMILES string of the molecule is C#CCNS(=O)(=O)c1ccc(C(=O)NC(C)c2ccc(OCCOC)c(OC)c2)cc1. The summed E-state index contributed by atoms with van der Waals surface area (Å²) in [5.74, 6) is 2.99. The predicted octanol–water partition coefficient (Wildman–Crippen LogP) is 2.12. The summed E-state index contributed by atoms with van der Waals surface area (Å²) in [5, 5.41) is 2.88. The van der Waals surface area contributed by atoms with Gasteiger partial charge < -0.3 is 19.5 Å². The van der Waals surface area contributed by atoms with Crippen molar-refractivity contribution in [2.45, 2.75) is 17.9 Å². The second-order valence-corrected chi connectivity index (χ2v) is 8.27. The molecule has 1 amide bonds. The van der Waals surface area contributed by atoms with Crippen LogP contribution in [0.25, 0.3) is 0 Å². The fourth-order valence-electron chi connectivity index (χ4n) is 2.68. The highest BCUT2D eigenvalue weighted by Gasteiger charge is 2.17. The van der Waals surface area contributed by atoms with Gasteiger partial charge in [0.15, 0.2) is 11.5 Å². The molecule has 2 aromatic carbocycles. The molecule has 0 saturated heterocycles. The number of hydrogen-bond donors (Lipinski definition) is 2. The van der Waals surface area contributed by atoms with Crippen molar-refractivity contribution in [1.29, 1.82) is 0 Å². The molecule has 0 aliphatic rings. The standard InChI is InChI=1S/C22H26N2O6S/c1-5-12-23-31(26,27)19-9-6-17(7-10-19)22(25)24-16(2)18-8-11-20(21(15-18)29-4)30-14-13-28-3/h1,6-11,15-16,23H,12-14H2,2-4H3,(H,24,25). The zero-order valence-electron chi connectivity index (χ0n) is 17.7. The Kier molecular flexibility index (Phi) is 8.88. The van der Waals surface area contributed by atoms with Gasteiger partial charge in [-0.25, -0.2) is 8.42 Å². The minimum atomic E-state index is -3.71. The third-order valence-electron chi connectivity index (χ3n) is 4.37. The fourth-order valence-corrected chi connectivity index (χ4v) is 3.61. The quantitative estimate of drug-likeness (QED) is 0.405. The maximum atomic E-state index is 12.6. The number of amides is 1. The molecular formula is C22H26N2O6S. The maximum Gasteiger partial charge on any atom is 0.251 e. The van der Waals surface area contributed by atoms with Crippen molar-refractivity contribution >= 4 is 15.9 Å². The van der Waals surface area contributed by atoms with Gasteiger partial charge >= 0.3 is 0 Å². The minimum Gasteiger partial charge on any atom is -0.493 e. The molecule has 0 radical (unpaired) electrons. The Balaban J connectivity index is 2.07. The van der Waals surface area contributed by atoms with Crippen molar-refractivity contribution in [3.8, 4) is 23.8 Å². The van der Waals surface area contributed by atoms with Gasteiger partial charge in [0, 0.05) is 12.7 Å². The predicted molar refractivity (Wildman–Crippen MR) is 117 cm³/mol. The molecule has 1 atom stereocenters. The first kappa shape index (κ1) is 24.2. The van der Waals surface area contributed by atoms with E-state index in [1.54, 1.807) is 26.4 Å². The van der Waals surface area contributed by atoms with Crippen molar-refractivity contribution in [2.24, 2.45) is 0 Å². The van der Waals surface area contributed by atoms with E-state index in [1.165, 1.54) is 24.3 Å². The molecule has 0 spiro atoms. The number of rotatable bonds is 11. The summed E-state index contributed by atoms with van der Waals surface area (Å²) in [5.41, 5.74) is 1.15. The van der Waals surface area contributed by atoms with Gasteiger partial charge in [-0.2, -0.15) is 4.72 Å².